The molecule has 1 fully saturated rings. The summed E-state index contributed by atoms with van der Waals surface area (Å²) in [7, 11) is 0. The van der Waals surface area contributed by atoms with Gasteiger partial charge in [-0.05, 0) is 49.6 Å². The smallest absolute Gasteiger partial charge is 0.310 e. The van der Waals surface area contributed by atoms with E-state index in [4.69, 9.17) is 5.26 Å². The summed E-state index contributed by atoms with van der Waals surface area (Å²) >= 11 is 0. The molecule has 1 N–H and O–H groups in total. The van der Waals surface area contributed by atoms with Gasteiger partial charge in [0.15, 0.2) is 0 Å². The molecule has 0 bridgehead atoms. The summed E-state index contributed by atoms with van der Waals surface area (Å²) in [5.74, 6) is -1.19. The number of carboxylic acid groups (broad SMARTS) is 1. The predicted octanol–water partition coefficient (Wildman–Crippen LogP) is 2.77. The number of aliphatic carboxylic acids is 1. The monoisotopic (exact) mass is 290 g/mol. The van der Waals surface area contributed by atoms with Gasteiger partial charge in [-0.2, -0.15) is 5.26 Å². The zero-order valence-electron chi connectivity index (χ0n) is 12.1. The number of carbonyl (C=O) groups is 1. The predicted molar refractivity (Wildman–Crippen MR) is 76.0 cm³/mol. The highest BCUT2D eigenvalue weighted by atomic mass is 19.1. The van der Waals surface area contributed by atoms with Crippen molar-refractivity contribution in [2.75, 3.05) is 13.1 Å². The quantitative estimate of drug-likeness (QED) is 0.926. The molecule has 0 saturated carbocycles. The van der Waals surface area contributed by atoms with Crippen LogP contribution in [0.15, 0.2) is 18.2 Å². The van der Waals surface area contributed by atoms with E-state index in [1.165, 1.54) is 12.1 Å². The molecule has 1 unspecified atom stereocenters. The Morgan fingerprint density at radius 2 is 2.29 bits per heavy atom. The largest absolute Gasteiger partial charge is 0.481 e. The molecular weight excluding hydrogens is 271 g/mol. The first-order valence-corrected chi connectivity index (χ1v) is 7.14. The Kier molecular flexibility index (Phi) is 4.59. The molecule has 112 valence electrons. The fourth-order valence-electron chi connectivity index (χ4n) is 3.04. The second kappa shape index (κ2) is 6.23. The standard InChI is InChI=1S/C16H19FN2O2/c1-2-16(15(20)21)4-3-5-19(11-16)10-13-6-12(9-18)7-14(17)8-13/h6-8H,2-5,10-11H2,1H3,(H,20,21). The highest BCUT2D eigenvalue weighted by Gasteiger charge is 2.40. The number of rotatable bonds is 4. The summed E-state index contributed by atoms with van der Waals surface area (Å²) in [6.45, 7) is 3.64. The average molecular weight is 290 g/mol. The van der Waals surface area contributed by atoms with Crippen LogP contribution < -0.4 is 0 Å². The molecule has 1 aliphatic rings. The van der Waals surface area contributed by atoms with Crippen LogP contribution >= 0.6 is 0 Å². The second-order valence-electron chi connectivity index (χ2n) is 5.71. The highest BCUT2D eigenvalue weighted by Crippen LogP contribution is 2.34. The van der Waals surface area contributed by atoms with Crippen molar-refractivity contribution in [1.29, 1.82) is 5.26 Å². The van der Waals surface area contributed by atoms with Crippen molar-refractivity contribution < 1.29 is 14.3 Å². The van der Waals surface area contributed by atoms with E-state index in [0.29, 0.717) is 37.1 Å². The molecule has 1 heterocycles. The van der Waals surface area contributed by atoms with Crippen LogP contribution in [0.5, 0.6) is 0 Å². The van der Waals surface area contributed by atoms with E-state index in [2.05, 4.69) is 0 Å². The molecule has 1 aliphatic heterocycles. The first-order valence-electron chi connectivity index (χ1n) is 7.14. The molecule has 5 heteroatoms. The Hall–Kier alpha value is -1.93. The van der Waals surface area contributed by atoms with Crippen molar-refractivity contribution in [3.05, 3.63) is 35.1 Å². The molecule has 0 spiro atoms. The average Bonchev–Trinajstić information content (AvgIpc) is 2.46. The lowest BCUT2D eigenvalue weighted by atomic mass is 9.77. The molecule has 1 atom stereocenters. The van der Waals surface area contributed by atoms with Gasteiger partial charge in [-0.1, -0.05) is 6.92 Å². The number of hydrogen-bond acceptors (Lipinski definition) is 3. The van der Waals surface area contributed by atoms with Crippen LogP contribution in [0.4, 0.5) is 4.39 Å². The van der Waals surface area contributed by atoms with Crippen LogP contribution in [0.1, 0.15) is 37.3 Å². The van der Waals surface area contributed by atoms with Gasteiger partial charge in [0.05, 0.1) is 17.0 Å². The minimum atomic E-state index is -0.758. The van der Waals surface area contributed by atoms with Crippen molar-refractivity contribution in [2.24, 2.45) is 5.41 Å². The molecule has 0 amide bonds. The number of nitriles is 1. The first kappa shape index (κ1) is 15.5. The Bertz CT molecular complexity index is 582. The van der Waals surface area contributed by atoms with Crippen LogP contribution in [0.25, 0.3) is 0 Å². The van der Waals surface area contributed by atoms with Crippen molar-refractivity contribution >= 4 is 5.97 Å². The molecule has 1 aromatic carbocycles. The van der Waals surface area contributed by atoms with Gasteiger partial charge in [-0.25, -0.2) is 4.39 Å². The Labute approximate surface area is 123 Å². The van der Waals surface area contributed by atoms with E-state index in [1.807, 2.05) is 17.9 Å². The second-order valence-corrected chi connectivity index (χ2v) is 5.71. The Balaban J connectivity index is 2.15. The van der Waals surface area contributed by atoms with Crippen molar-refractivity contribution in [1.82, 2.24) is 4.90 Å². The van der Waals surface area contributed by atoms with E-state index < -0.39 is 17.2 Å². The van der Waals surface area contributed by atoms with Gasteiger partial charge in [0.1, 0.15) is 5.82 Å². The van der Waals surface area contributed by atoms with E-state index in [9.17, 15) is 14.3 Å². The summed E-state index contributed by atoms with van der Waals surface area (Å²) < 4.78 is 13.5. The Morgan fingerprint density at radius 3 is 2.90 bits per heavy atom. The zero-order chi connectivity index (χ0) is 15.5. The van der Waals surface area contributed by atoms with E-state index in [0.717, 1.165) is 13.0 Å². The Morgan fingerprint density at radius 1 is 1.52 bits per heavy atom. The van der Waals surface area contributed by atoms with Crippen molar-refractivity contribution in [3.63, 3.8) is 0 Å². The highest BCUT2D eigenvalue weighted by molar-refractivity contribution is 5.75. The topological polar surface area (TPSA) is 64.3 Å². The van der Waals surface area contributed by atoms with Crippen LogP contribution in [0.3, 0.4) is 0 Å². The molecular formula is C16H19FN2O2. The first-order chi connectivity index (χ1) is 9.99. The van der Waals surface area contributed by atoms with Gasteiger partial charge in [-0.3, -0.25) is 9.69 Å². The third-order valence-electron chi connectivity index (χ3n) is 4.28. The fourth-order valence-corrected chi connectivity index (χ4v) is 3.04. The summed E-state index contributed by atoms with van der Waals surface area (Å²) in [5.41, 5.74) is 0.301. The van der Waals surface area contributed by atoms with E-state index in [1.54, 1.807) is 6.07 Å². The van der Waals surface area contributed by atoms with Gasteiger partial charge in [0.25, 0.3) is 0 Å². The third-order valence-corrected chi connectivity index (χ3v) is 4.28. The van der Waals surface area contributed by atoms with Crippen LogP contribution in [-0.2, 0) is 11.3 Å². The number of halogens is 1. The number of piperidine rings is 1. The summed E-state index contributed by atoms with van der Waals surface area (Å²) in [4.78, 5) is 13.6. The number of nitrogens with zero attached hydrogens (tertiary/aromatic N) is 2. The lowest BCUT2D eigenvalue weighted by Gasteiger charge is -2.39. The lowest BCUT2D eigenvalue weighted by molar-refractivity contribution is -0.153. The number of hydrogen-bond donors (Lipinski definition) is 1. The third kappa shape index (κ3) is 3.40. The van der Waals surface area contributed by atoms with Gasteiger partial charge in [-0.15, -0.1) is 0 Å². The minimum Gasteiger partial charge on any atom is -0.481 e. The van der Waals surface area contributed by atoms with E-state index in [-0.39, 0.29) is 0 Å². The van der Waals surface area contributed by atoms with Gasteiger partial charge >= 0.3 is 5.97 Å². The van der Waals surface area contributed by atoms with Crippen LogP contribution in [0.2, 0.25) is 0 Å². The van der Waals surface area contributed by atoms with Crippen molar-refractivity contribution in [2.45, 2.75) is 32.7 Å². The number of carboxylic acids is 1. The zero-order valence-corrected chi connectivity index (χ0v) is 12.1. The molecule has 21 heavy (non-hydrogen) atoms. The maximum absolute atomic E-state index is 13.5. The van der Waals surface area contributed by atoms with Gasteiger partial charge in [0, 0.05) is 13.1 Å². The van der Waals surface area contributed by atoms with Gasteiger partial charge in [0.2, 0.25) is 0 Å². The summed E-state index contributed by atoms with van der Waals surface area (Å²) in [6, 6.07) is 6.21. The summed E-state index contributed by atoms with van der Waals surface area (Å²) in [5, 5.41) is 18.3. The number of likely N-dealkylation sites (tertiary alicyclic amines) is 1. The maximum atomic E-state index is 13.5. The molecule has 2 rings (SSSR count). The summed E-state index contributed by atoms with van der Waals surface area (Å²) in [6.07, 6.45) is 2.09. The van der Waals surface area contributed by atoms with Crippen LogP contribution in [0, 0.1) is 22.6 Å². The molecule has 0 aliphatic carbocycles. The SMILES string of the molecule is CCC1(C(=O)O)CCCN(Cc2cc(F)cc(C#N)c2)C1. The normalized spacial score (nSPS) is 22.7. The molecule has 0 radical (unpaired) electrons. The molecule has 4 nitrogen and oxygen atoms in total. The fraction of sp³-hybridized carbons (Fsp3) is 0.500. The van der Waals surface area contributed by atoms with E-state index >= 15 is 0 Å². The molecule has 1 saturated heterocycles. The maximum Gasteiger partial charge on any atom is 0.310 e. The van der Waals surface area contributed by atoms with Crippen LogP contribution in [-0.4, -0.2) is 29.1 Å². The van der Waals surface area contributed by atoms with Gasteiger partial charge < -0.3 is 5.11 Å². The van der Waals surface area contributed by atoms with Crippen molar-refractivity contribution in [3.8, 4) is 6.07 Å². The lowest BCUT2D eigenvalue weighted by Crippen LogP contribution is -2.47. The molecule has 1 aromatic rings. The number of benzene rings is 1. The molecule has 0 aromatic heterocycles. The minimum absolute atomic E-state index is 0.294.